The van der Waals surface area contributed by atoms with Crippen LogP contribution in [-0.4, -0.2) is 24.2 Å². The Balaban J connectivity index is 1.29. The van der Waals surface area contributed by atoms with Gasteiger partial charge in [-0.2, -0.15) is 4.39 Å². The molecule has 5 heteroatoms. The van der Waals surface area contributed by atoms with E-state index in [2.05, 4.69) is 46.4 Å². The highest BCUT2D eigenvalue weighted by Crippen LogP contribution is 2.44. The highest BCUT2D eigenvalue weighted by Gasteiger charge is 2.28. The first-order valence-corrected chi connectivity index (χ1v) is 9.41. The topological polar surface area (TPSA) is 51.2 Å². The van der Waals surface area contributed by atoms with E-state index in [0.717, 1.165) is 0 Å². The van der Waals surface area contributed by atoms with Crippen molar-refractivity contribution < 1.29 is 13.9 Å². The van der Waals surface area contributed by atoms with Crippen LogP contribution in [0.1, 0.15) is 29.0 Å². The molecule has 0 spiro atoms. The molecule has 0 bridgehead atoms. The van der Waals surface area contributed by atoms with Crippen LogP contribution >= 0.6 is 0 Å². The zero-order chi connectivity index (χ0) is 20.1. The molecule has 2 aromatic carbocycles. The van der Waals surface area contributed by atoms with Gasteiger partial charge in [0.25, 0.3) is 0 Å². The number of carbonyl (C=O) groups excluding carboxylic acids is 1. The number of halogens is 1. The first kappa shape index (κ1) is 18.7. The third kappa shape index (κ3) is 4.27. The summed E-state index contributed by atoms with van der Waals surface area (Å²) in [6, 6.07) is 19.3. The second-order valence-corrected chi connectivity index (χ2v) is 6.67. The predicted molar refractivity (Wildman–Crippen MR) is 109 cm³/mol. The van der Waals surface area contributed by atoms with Crippen molar-refractivity contribution in [3.05, 3.63) is 89.5 Å². The lowest BCUT2D eigenvalue weighted by molar-refractivity contribution is 0.143. The van der Waals surface area contributed by atoms with E-state index in [1.165, 1.54) is 34.5 Å². The molecule has 0 unspecified atom stereocenters. The van der Waals surface area contributed by atoms with Gasteiger partial charge < -0.3 is 10.1 Å². The van der Waals surface area contributed by atoms with Crippen LogP contribution in [0.3, 0.4) is 0 Å². The first-order chi connectivity index (χ1) is 14.2. The van der Waals surface area contributed by atoms with Gasteiger partial charge in [0.1, 0.15) is 6.61 Å². The fraction of sp³-hybridized carbons (Fsp3) is 0.167. The summed E-state index contributed by atoms with van der Waals surface area (Å²) in [5.41, 5.74) is 5.39. The number of fused-ring (bicyclic) bond motifs is 3. The van der Waals surface area contributed by atoms with Crippen LogP contribution in [0.2, 0.25) is 0 Å². The number of alkyl carbamates (subject to hydrolysis) is 1. The maximum atomic E-state index is 12.7. The number of amides is 1. The smallest absolute Gasteiger partial charge is 0.407 e. The minimum absolute atomic E-state index is 0.0407. The van der Waals surface area contributed by atoms with Crippen LogP contribution in [0.15, 0.2) is 66.9 Å². The monoisotopic (exact) mass is 386 g/mol. The van der Waals surface area contributed by atoms with E-state index in [9.17, 15) is 9.18 Å². The van der Waals surface area contributed by atoms with Crippen LogP contribution in [0.5, 0.6) is 0 Å². The number of hydrogen-bond acceptors (Lipinski definition) is 3. The minimum atomic E-state index is -0.535. The van der Waals surface area contributed by atoms with Gasteiger partial charge in [-0.1, -0.05) is 60.4 Å². The normalized spacial score (nSPS) is 11.8. The van der Waals surface area contributed by atoms with Crippen molar-refractivity contribution in [1.82, 2.24) is 10.3 Å². The molecular formula is C24H19FN2O2. The number of rotatable bonds is 4. The second kappa shape index (κ2) is 8.57. The average Bonchev–Trinajstić information content (AvgIpc) is 3.07. The fourth-order valence-electron chi connectivity index (χ4n) is 3.49. The van der Waals surface area contributed by atoms with Gasteiger partial charge in [-0.25, -0.2) is 9.78 Å². The zero-order valence-corrected chi connectivity index (χ0v) is 15.7. The van der Waals surface area contributed by atoms with Crippen molar-refractivity contribution in [2.24, 2.45) is 0 Å². The predicted octanol–water partition coefficient (Wildman–Crippen LogP) is 4.50. The van der Waals surface area contributed by atoms with Crippen molar-refractivity contribution >= 4 is 6.09 Å². The van der Waals surface area contributed by atoms with Gasteiger partial charge in [0.2, 0.25) is 5.95 Å². The maximum Gasteiger partial charge on any atom is 0.407 e. The third-order valence-corrected chi connectivity index (χ3v) is 4.82. The summed E-state index contributed by atoms with van der Waals surface area (Å²) < 4.78 is 18.2. The number of hydrogen-bond donors (Lipinski definition) is 1. The first-order valence-electron chi connectivity index (χ1n) is 9.41. The summed E-state index contributed by atoms with van der Waals surface area (Å²) in [4.78, 5) is 15.6. The lowest BCUT2D eigenvalue weighted by atomic mass is 9.98. The van der Waals surface area contributed by atoms with Crippen molar-refractivity contribution in [3.8, 4) is 23.0 Å². The Morgan fingerprint density at radius 1 is 1.03 bits per heavy atom. The standard InChI is InChI=1S/C24H19FN2O2/c25-23-13-12-17(15-27-23)7-5-6-14-26-24(28)29-16-22-20-10-3-1-8-18(20)19-9-2-4-11-21(19)22/h1-4,8-13,15,22H,6,14,16H2,(H,26,28). The average molecular weight is 386 g/mol. The molecule has 1 aliphatic carbocycles. The van der Waals surface area contributed by atoms with Crippen LogP contribution < -0.4 is 5.32 Å². The molecule has 1 aliphatic rings. The second-order valence-electron chi connectivity index (χ2n) is 6.67. The number of nitrogens with one attached hydrogen (secondary N) is 1. The van der Waals surface area contributed by atoms with Crippen LogP contribution in [0, 0.1) is 17.8 Å². The Labute approximate surface area is 168 Å². The molecule has 0 fully saturated rings. The number of aromatic nitrogens is 1. The Kier molecular flexibility index (Phi) is 5.53. The van der Waals surface area contributed by atoms with E-state index in [4.69, 9.17) is 4.74 Å². The van der Waals surface area contributed by atoms with Gasteiger partial charge in [-0.05, 0) is 34.4 Å². The summed E-state index contributed by atoms with van der Waals surface area (Å²) in [6.07, 6.45) is 1.38. The van der Waals surface area contributed by atoms with Crippen molar-refractivity contribution in [3.63, 3.8) is 0 Å². The lowest BCUT2D eigenvalue weighted by Gasteiger charge is -2.14. The number of nitrogens with zero attached hydrogens (tertiary/aromatic N) is 1. The molecule has 1 N–H and O–H groups in total. The summed E-state index contributed by atoms with van der Waals surface area (Å²) >= 11 is 0. The van der Waals surface area contributed by atoms with E-state index in [0.29, 0.717) is 18.5 Å². The molecule has 0 saturated carbocycles. The van der Waals surface area contributed by atoms with Crippen LogP contribution in [0.4, 0.5) is 9.18 Å². The van der Waals surface area contributed by atoms with Crippen molar-refractivity contribution in [2.45, 2.75) is 12.3 Å². The van der Waals surface area contributed by atoms with Crippen molar-refractivity contribution in [2.75, 3.05) is 13.2 Å². The van der Waals surface area contributed by atoms with E-state index >= 15 is 0 Å². The molecular weight excluding hydrogens is 367 g/mol. The third-order valence-electron chi connectivity index (χ3n) is 4.82. The number of benzene rings is 2. The molecule has 0 atom stereocenters. The van der Waals surface area contributed by atoms with E-state index in [-0.39, 0.29) is 12.5 Å². The minimum Gasteiger partial charge on any atom is -0.449 e. The summed E-state index contributed by atoms with van der Waals surface area (Å²) in [6.45, 7) is 0.658. The molecule has 0 aliphatic heterocycles. The van der Waals surface area contributed by atoms with Gasteiger partial charge in [0.15, 0.2) is 0 Å². The van der Waals surface area contributed by atoms with Gasteiger partial charge in [0, 0.05) is 30.6 Å². The van der Waals surface area contributed by atoms with E-state index in [1.807, 2.05) is 24.3 Å². The molecule has 144 valence electrons. The Morgan fingerprint density at radius 3 is 2.38 bits per heavy atom. The molecule has 4 nitrogen and oxygen atoms in total. The summed E-state index contributed by atoms with van der Waals surface area (Å²) in [5.74, 6) is 5.30. The molecule has 1 amide bonds. The largest absolute Gasteiger partial charge is 0.449 e. The fourth-order valence-corrected chi connectivity index (χ4v) is 3.49. The molecule has 4 rings (SSSR count). The van der Waals surface area contributed by atoms with E-state index < -0.39 is 12.0 Å². The van der Waals surface area contributed by atoms with Crippen molar-refractivity contribution in [1.29, 1.82) is 0 Å². The highest BCUT2D eigenvalue weighted by molar-refractivity contribution is 5.79. The molecule has 0 saturated heterocycles. The van der Waals surface area contributed by atoms with Gasteiger partial charge in [-0.3, -0.25) is 0 Å². The van der Waals surface area contributed by atoms with Crippen LogP contribution in [0.25, 0.3) is 11.1 Å². The summed E-state index contributed by atoms with van der Waals surface area (Å²) in [5, 5.41) is 2.71. The van der Waals surface area contributed by atoms with Crippen LogP contribution in [-0.2, 0) is 4.74 Å². The van der Waals surface area contributed by atoms with E-state index in [1.54, 1.807) is 6.07 Å². The number of pyridine rings is 1. The Bertz CT molecular complexity index is 1040. The quantitative estimate of drug-likeness (QED) is 0.408. The molecule has 29 heavy (non-hydrogen) atoms. The zero-order valence-electron chi connectivity index (χ0n) is 15.7. The number of carbonyl (C=O) groups is 1. The Hall–Kier alpha value is -3.65. The number of ether oxygens (including phenoxy) is 1. The molecule has 1 aromatic heterocycles. The lowest BCUT2D eigenvalue weighted by Crippen LogP contribution is -2.26. The van der Waals surface area contributed by atoms with Gasteiger partial charge >= 0.3 is 6.09 Å². The highest BCUT2D eigenvalue weighted by atomic mass is 19.1. The molecule has 3 aromatic rings. The molecule has 0 radical (unpaired) electrons. The SMILES string of the molecule is O=C(NCCC#Cc1ccc(F)nc1)OCC1c2ccccc2-c2ccccc21. The van der Waals surface area contributed by atoms with Gasteiger partial charge in [0.05, 0.1) is 0 Å². The van der Waals surface area contributed by atoms with Gasteiger partial charge in [-0.15, -0.1) is 0 Å². The Morgan fingerprint density at radius 2 is 1.72 bits per heavy atom. The summed E-state index contributed by atoms with van der Waals surface area (Å²) in [7, 11) is 0. The maximum absolute atomic E-state index is 12.7. The molecule has 1 heterocycles.